The summed E-state index contributed by atoms with van der Waals surface area (Å²) in [6.45, 7) is 2.05. The summed E-state index contributed by atoms with van der Waals surface area (Å²) in [6.07, 6.45) is 0. The highest BCUT2D eigenvalue weighted by Gasteiger charge is 2.17. The predicted molar refractivity (Wildman–Crippen MR) is 110 cm³/mol. The summed E-state index contributed by atoms with van der Waals surface area (Å²) in [4.78, 5) is 12.0. The first-order chi connectivity index (χ1) is 13.6. The summed E-state index contributed by atoms with van der Waals surface area (Å²) in [6, 6.07) is 18.2. The molecular weight excluding hydrogens is 372 g/mol. The van der Waals surface area contributed by atoms with E-state index < -0.39 is 0 Å². The van der Waals surface area contributed by atoms with Gasteiger partial charge in [-0.2, -0.15) is 15.0 Å². The molecule has 0 aliphatic carbocycles. The lowest BCUT2D eigenvalue weighted by Crippen LogP contribution is -2.06. The van der Waals surface area contributed by atoms with Crippen LogP contribution in [0.3, 0.4) is 0 Å². The molecule has 0 radical (unpaired) electrons. The van der Waals surface area contributed by atoms with Crippen LogP contribution in [0.4, 0.5) is 11.9 Å². The van der Waals surface area contributed by atoms with Gasteiger partial charge in [0.05, 0.1) is 5.75 Å². The van der Waals surface area contributed by atoms with Crippen LogP contribution in [0.15, 0.2) is 59.8 Å². The van der Waals surface area contributed by atoms with E-state index in [2.05, 4.69) is 44.2 Å². The zero-order valence-electron chi connectivity index (χ0n) is 15.1. The molecule has 4 N–H and O–H groups in total. The number of para-hydroxylation sites is 1. The van der Waals surface area contributed by atoms with Gasteiger partial charge in [-0.15, -0.1) is 10.2 Å². The van der Waals surface area contributed by atoms with Gasteiger partial charge in [0.1, 0.15) is 5.82 Å². The first-order valence-corrected chi connectivity index (χ1v) is 9.55. The van der Waals surface area contributed by atoms with Gasteiger partial charge < -0.3 is 11.5 Å². The van der Waals surface area contributed by atoms with Crippen molar-refractivity contribution in [2.45, 2.75) is 17.8 Å². The van der Waals surface area contributed by atoms with E-state index in [1.807, 2.05) is 47.0 Å². The van der Waals surface area contributed by atoms with Crippen molar-refractivity contribution in [3.63, 3.8) is 0 Å². The Morgan fingerprint density at radius 1 is 0.893 bits per heavy atom. The molecule has 0 saturated heterocycles. The Balaban J connectivity index is 1.73. The normalized spacial score (nSPS) is 10.9. The van der Waals surface area contributed by atoms with Crippen molar-refractivity contribution in [3.8, 4) is 17.1 Å². The van der Waals surface area contributed by atoms with Crippen LogP contribution in [-0.2, 0) is 5.75 Å². The molecule has 2 heterocycles. The summed E-state index contributed by atoms with van der Waals surface area (Å²) < 4.78 is 2.02. The molecule has 0 unspecified atom stereocenters. The molecule has 0 fully saturated rings. The highest BCUT2D eigenvalue weighted by atomic mass is 32.2. The van der Waals surface area contributed by atoms with Crippen molar-refractivity contribution >= 4 is 23.7 Å². The van der Waals surface area contributed by atoms with E-state index >= 15 is 0 Å². The Morgan fingerprint density at radius 3 is 2.36 bits per heavy atom. The quantitative estimate of drug-likeness (QED) is 0.499. The Hall–Kier alpha value is -3.46. The second-order valence-corrected chi connectivity index (χ2v) is 7.05. The van der Waals surface area contributed by atoms with Gasteiger partial charge in [-0.05, 0) is 25.1 Å². The van der Waals surface area contributed by atoms with E-state index in [1.165, 1.54) is 11.8 Å². The number of nitrogen functional groups attached to an aromatic ring is 2. The SMILES string of the molecule is Cc1cccc(-c2nnc(SCc3nc(N)nc(N)n3)n2-c2ccccc2)c1. The van der Waals surface area contributed by atoms with Crippen LogP contribution in [0.2, 0.25) is 0 Å². The Bertz CT molecular complexity index is 1090. The lowest BCUT2D eigenvalue weighted by Gasteiger charge is -2.10. The molecule has 0 atom stereocenters. The average Bonchev–Trinajstić information content (AvgIpc) is 3.10. The number of aryl methyl sites for hydroxylation is 1. The fourth-order valence-corrected chi connectivity index (χ4v) is 3.60. The monoisotopic (exact) mass is 390 g/mol. The summed E-state index contributed by atoms with van der Waals surface area (Å²) in [5, 5.41) is 9.56. The summed E-state index contributed by atoms with van der Waals surface area (Å²) >= 11 is 1.46. The molecule has 28 heavy (non-hydrogen) atoms. The Morgan fingerprint density at radius 2 is 1.64 bits per heavy atom. The van der Waals surface area contributed by atoms with Crippen LogP contribution in [0.1, 0.15) is 11.4 Å². The molecule has 0 spiro atoms. The van der Waals surface area contributed by atoms with Gasteiger partial charge >= 0.3 is 0 Å². The summed E-state index contributed by atoms with van der Waals surface area (Å²) in [5.41, 5.74) is 14.4. The largest absolute Gasteiger partial charge is 0.368 e. The maximum absolute atomic E-state index is 5.66. The number of nitrogens with zero attached hydrogens (tertiary/aromatic N) is 6. The van der Waals surface area contributed by atoms with Gasteiger partial charge in [-0.25, -0.2) is 0 Å². The predicted octanol–water partition coefficient (Wildman–Crippen LogP) is 2.88. The minimum atomic E-state index is 0.105. The van der Waals surface area contributed by atoms with E-state index in [4.69, 9.17) is 11.5 Å². The first kappa shape index (κ1) is 17.9. The molecule has 0 amide bonds. The number of hydrogen-bond donors (Lipinski definition) is 2. The first-order valence-electron chi connectivity index (χ1n) is 8.57. The van der Waals surface area contributed by atoms with Gasteiger partial charge in [0.2, 0.25) is 11.9 Å². The number of anilines is 2. The molecule has 0 aliphatic heterocycles. The number of hydrogen-bond acceptors (Lipinski definition) is 8. The fraction of sp³-hybridized carbons (Fsp3) is 0.105. The van der Waals surface area contributed by atoms with Gasteiger partial charge in [-0.3, -0.25) is 4.57 Å². The van der Waals surface area contributed by atoms with Crippen LogP contribution in [-0.4, -0.2) is 29.7 Å². The van der Waals surface area contributed by atoms with Crippen molar-refractivity contribution in [2.24, 2.45) is 0 Å². The topological polar surface area (TPSA) is 121 Å². The molecule has 2 aromatic carbocycles. The highest BCUT2D eigenvalue weighted by Crippen LogP contribution is 2.29. The molecule has 4 aromatic rings. The fourth-order valence-electron chi connectivity index (χ4n) is 2.79. The van der Waals surface area contributed by atoms with Crippen molar-refractivity contribution in [1.82, 2.24) is 29.7 Å². The lowest BCUT2D eigenvalue weighted by molar-refractivity contribution is 0.882. The van der Waals surface area contributed by atoms with Crippen molar-refractivity contribution in [2.75, 3.05) is 11.5 Å². The van der Waals surface area contributed by atoms with Crippen LogP contribution in [0, 0.1) is 6.92 Å². The average molecular weight is 390 g/mol. The maximum Gasteiger partial charge on any atom is 0.225 e. The molecular formula is C19H18N8S. The number of rotatable bonds is 5. The van der Waals surface area contributed by atoms with E-state index in [0.717, 1.165) is 27.8 Å². The molecule has 2 aromatic heterocycles. The molecule has 0 bridgehead atoms. The zero-order chi connectivity index (χ0) is 19.5. The van der Waals surface area contributed by atoms with Crippen LogP contribution in [0.25, 0.3) is 17.1 Å². The van der Waals surface area contributed by atoms with Crippen molar-refractivity contribution in [1.29, 1.82) is 0 Å². The van der Waals surface area contributed by atoms with E-state index in [-0.39, 0.29) is 11.9 Å². The number of benzene rings is 2. The lowest BCUT2D eigenvalue weighted by atomic mass is 10.1. The minimum absolute atomic E-state index is 0.105. The second kappa shape index (κ2) is 7.65. The van der Waals surface area contributed by atoms with Crippen molar-refractivity contribution < 1.29 is 0 Å². The summed E-state index contributed by atoms with van der Waals surface area (Å²) in [7, 11) is 0. The van der Waals surface area contributed by atoms with Crippen LogP contribution in [0.5, 0.6) is 0 Å². The second-order valence-electron chi connectivity index (χ2n) is 6.10. The Kier molecular flexibility index (Phi) is 4.90. The molecule has 9 heteroatoms. The van der Waals surface area contributed by atoms with Crippen LogP contribution < -0.4 is 11.5 Å². The van der Waals surface area contributed by atoms with Gasteiger partial charge in [-0.1, -0.05) is 53.7 Å². The number of thioether (sulfide) groups is 1. The molecule has 0 saturated carbocycles. The molecule has 8 nitrogen and oxygen atoms in total. The smallest absolute Gasteiger partial charge is 0.225 e. The van der Waals surface area contributed by atoms with Gasteiger partial charge in [0.25, 0.3) is 0 Å². The number of nitrogens with two attached hydrogens (primary N) is 2. The molecule has 0 aliphatic rings. The standard InChI is InChI=1S/C19H18N8S/c1-12-6-5-7-13(10-12)16-25-26-19(27(16)14-8-3-2-4-9-14)28-11-15-22-17(20)24-18(21)23-15/h2-10H,11H2,1H3,(H4,20,21,22,23,24). The minimum Gasteiger partial charge on any atom is -0.368 e. The van der Waals surface area contributed by atoms with E-state index in [0.29, 0.717) is 11.6 Å². The number of aromatic nitrogens is 6. The van der Waals surface area contributed by atoms with Crippen LogP contribution >= 0.6 is 11.8 Å². The highest BCUT2D eigenvalue weighted by molar-refractivity contribution is 7.98. The third-order valence-electron chi connectivity index (χ3n) is 3.97. The molecule has 4 rings (SSSR count). The van der Waals surface area contributed by atoms with Gasteiger partial charge in [0.15, 0.2) is 11.0 Å². The van der Waals surface area contributed by atoms with E-state index in [9.17, 15) is 0 Å². The third-order valence-corrected chi connectivity index (χ3v) is 4.90. The summed E-state index contributed by atoms with van der Waals surface area (Å²) in [5.74, 6) is 1.92. The van der Waals surface area contributed by atoms with Crippen molar-refractivity contribution in [3.05, 3.63) is 66.0 Å². The molecule has 140 valence electrons. The van der Waals surface area contributed by atoms with E-state index in [1.54, 1.807) is 0 Å². The Labute approximate surface area is 166 Å². The third kappa shape index (κ3) is 3.79. The zero-order valence-corrected chi connectivity index (χ0v) is 16.0. The maximum atomic E-state index is 5.66. The van der Waals surface area contributed by atoms with Gasteiger partial charge in [0, 0.05) is 11.3 Å².